The summed E-state index contributed by atoms with van der Waals surface area (Å²) in [5.74, 6) is 0.573. The SMILES string of the molecule is Cc1cc(CNCC(=O)NCC(C)C)c(C)s1. The zero-order valence-corrected chi connectivity index (χ0v) is 11.9. The molecule has 1 aromatic rings. The van der Waals surface area contributed by atoms with Gasteiger partial charge in [-0.25, -0.2) is 0 Å². The first-order valence-electron chi connectivity index (χ1n) is 6.02. The van der Waals surface area contributed by atoms with Crippen molar-refractivity contribution in [1.29, 1.82) is 0 Å². The summed E-state index contributed by atoms with van der Waals surface area (Å²) in [6.45, 7) is 10.3. The maximum atomic E-state index is 11.5. The second-order valence-electron chi connectivity index (χ2n) is 4.74. The molecule has 0 unspecified atom stereocenters. The molecule has 0 fully saturated rings. The summed E-state index contributed by atoms with van der Waals surface area (Å²) in [7, 11) is 0. The summed E-state index contributed by atoms with van der Waals surface area (Å²) in [6.07, 6.45) is 0. The summed E-state index contributed by atoms with van der Waals surface area (Å²) in [5, 5.41) is 6.06. The zero-order valence-electron chi connectivity index (χ0n) is 11.1. The Morgan fingerprint density at radius 1 is 1.41 bits per heavy atom. The largest absolute Gasteiger partial charge is 0.355 e. The van der Waals surface area contributed by atoms with E-state index in [0.717, 1.165) is 13.1 Å². The molecule has 0 atom stereocenters. The molecule has 2 N–H and O–H groups in total. The van der Waals surface area contributed by atoms with E-state index in [9.17, 15) is 4.79 Å². The van der Waals surface area contributed by atoms with Crippen LogP contribution in [-0.4, -0.2) is 19.0 Å². The predicted octanol–water partition coefficient (Wildman–Crippen LogP) is 2.23. The molecule has 0 aromatic carbocycles. The lowest BCUT2D eigenvalue weighted by Crippen LogP contribution is -2.35. The zero-order chi connectivity index (χ0) is 12.8. The third kappa shape index (κ3) is 5.33. The van der Waals surface area contributed by atoms with Gasteiger partial charge in [-0.3, -0.25) is 4.79 Å². The van der Waals surface area contributed by atoms with Crippen molar-refractivity contribution in [2.24, 2.45) is 5.92 Å². The van der Waals surface area contributed by atoms with E-state index in [1.54, 1.807) is 11.3 Å². The number of nitrogens with one attached hydrogen (secondary N) is 2. The molecule has 1 aromatic heterocycles. The van der Waals surface area contributed by atoms with Crippen LogP contribution in [-0.2, 0) is 11.3 Å². The Morgan fingerprint density at radius 2 is 2.12 bits per heavy atom. The van der Waals surface area contributed by atoms with Crippen molar-refractivity contribution in [2.45, 2.75) is 34.2 Å². The number of amides is 1. The monoisotopic (exact) mass is 254 g/mol. The number of aryl methyl sites for hydroxylation is 2. The number of carbonyl (C=O) groups excluding carboxylic acids is 1. The van der Waals surface area contributed by atoms with Crippen LogP contribution < -0.4 is 10.6 Å². The molecule has 1 rings (SSSR count). The van der Waals surface area contributed by atoms with Crippen molar-refractivity contribution in [3.63, 3.8) is 0 Å². The molecule has 0 spiro atoms. The third-order valence-corrected chi connectivity index (χ3v) is 3.46. The molecule has 17 heavy (non-hydrogen) atoms. The van der Waals surface area contributed by atoms with Crippen molar-refractivity contribution in [3.8, 4) is 0 Å². The second kappa shape index (κ2) is 6.77. The van der Waals surface area contributed by atoms with E-state index in [1.165, 1.54) is 15.3 Å². The Morgan fingerprint density at radius 3 is 2.65 bits per heavy atom. The van der Waals surface area contributed by atoms with Crippen molar-refractivity contribution in [3.05, 3.63) is 21.4 Å². The van der Waals surface area contributed by atoms with Crippen molar-refractivity contribution in [2.75, 3.05) is 13.1 Å². The average Bonchev–Trinajstić information content (AvgIpc) is 2.55. The van der Waals surface area contributed by atoms with E-state index in [-0.39, 0.29) is 5.91 Å². The minimum atomic E-state index is 0.0725. The lowest BCUT2D eigenvalue weighted by atomic mass is 10.2. The Balaban J connectivity index is 2.23. The number of carbonyl (C=O) groups is 1. The highest BCUT2D eigenvalue weighted by molar-refractivity contribution is 7.12. The van der Waals surface area contributed by atoms with E-state index in [4.69, 9.17) is 0 Å². The first-order valence-corrected chi connectivity index (χ1v) is 6.84. The van der Waals surface area contributed by atoms with Crippen LogP contribution in [0, 0.1) is 19.8 Å². The summed E-state index contributed by atoms with van der Waals surface area (Å²) in [5.41, 5.74) is 1.30. The molecule has 0 saturated heterocycles. The van der Waals surface area contributed by atoms with Crippen LogP contribution >= 0.6 is 11.3 Å². The number of hydrogen-bond acceptors (Lipinski definition) is 3. The lowest BCUT2D eigenvalue weighted by molar-refractivity contribution is -0.120. The molecule has 0 aliphatic heterocycles. The molecule has 0 aliphatic rings. The molecule has 0 bridgehead atoms. The van der Waals surface area contributed by atoms with Gasteiger partial charge in [0.25, 0.3) is 0 Å². The van der Waals surface area contributed by atoms with Gasteiger partial charge in [0.05, 0.1) is 6.54 Å². The third-order valence-electron chi connectivity index (χ3n) is 2.45. The van der Waals surface area contributed by atoms with E-state index in [2.05, 4.69) is 44.4 Å². The fourth-order valence-electron chi connectivity index (χ4n) is 1.55. The molecule has 3 nitrogen and oxygen atoms in total. The number of thiophene rings is 1. The van der Waals surface area contributed by atoms with Crippen LogP contribution in [0.4, 0.5) is 0 Å². The quantitative estimate of drug-likeness (QED) is 0.817. The van der Waals surface area contributed by atoms with Crippen molar-refractivity contribution in [1.82, 2.24) is 10.6 Å². The fraction of sp³-hybridized carbons (Fsp3) is 0.615. The van der Waals surface area contributed by atoms with Crippen molar-refractivity contribution >= 4 is 17.2 Å². The van der Waals surface area contributed by atoms with Gasteiger partial charge in [0.1, 0.15) is 0 Å². The molecule has 1 heterocycles. The molecule has 0 aliphatic carbocycles. The Hall–Kier alpha value is -0.870. The molecule has 0 radical (unpaired) electrons. The summed E-state index contributed by atoms with van der Waals surface area (Å²) < 4.78 is 0. The van der Waals surface area contributed by atoms with Gasteiger partial charge in [-0.1, -0.05) is 13.8 Å². The van der Waals surface area contributed by atoms with E-state index in [0.29, 0.717) is 12.5 Å². The van der Waals surface area contributed by atoms with Gasteiger partial charge in [0.2, 0.25) is 5.91 Å². The van der Waals surface area contributed by atoms with Crippen LogP contribution in [0.2, 0.25) is 0 Å². The minimum Gasteiger partial charge on any atom is -0.355 e. The van der Waals surface area contributed by atoms with E-state index >= 15 is 0 Å². The Bertz CT molecular complexity index is 371. The van der Waals surface area contributed by atoms with Gasteiger partial charge >= 0.3 is 0 Å². The molecule has 4 heteroatoms. The summed E-state index contributed by atoms with van der Waals surface area (Å²) in [4.78, 5) is 14.1. The van der Waals surface area contributed by atoms with Gasteiger partial charge in [-0.2, -0.15) is 0 Å². The van der Waals surface area contributed by atoms with Gasteiger partial charge in [0.15, 0.2) is 0 Å². The van der Waals surface area contributed by atoms with Crippen LogP contribution in [0.3, 0.4) is 0 Å². The highest BCUT2D eigenvalue weighted by Gasteiger charge is 2.04. The first-order chi connectivity index (χ1) is 7.99. The van der Waals surface area contributed by atoms with E-state index in [1.807, 2.05) is 0 Å². The molecular formula is C13H22N2OS. The lowest BCUT2D eigenvalue weighted by Gasteiger charge is -2.08. The fourth-order valence-corrected chi connectivity index (χ4v) is 2.50. The van der Waals surface area contributed by atoms with Gasteiger partial charge in [-0.15, -0.1) is 11.3 Å². The number of rotatable bonds is 6. The smallest absolute Gasteiger partial charge is 0.233 e. The Kier molecular flexibility index (Phi) is 5.65. The van der Waals surface area contributed by atoms with Gasteiger partial charge in [-0.05, 0) is 31.4 Å². The van der Waals surface area contributed by atoms with Crippen LogP contribution in [0.15, 0.2) is 6.07 Å². The Labute approximate surface area is 108 Å². The molecule has 1 amide bonds. The van der Waals surface area contributed by atoms with Crippen LogP contribution in [0.5, 0.6) is 0 Å². The predicted molar refractivity (Wildman–Crippen MR) is 73.3 cm³/mol. The minimum absolute atomic E-state index is 0.0725. The average molecular weight is 254 g/mol. The highest BCUT2D eigenvalue weighted by atomic mass is 32.1. The summed E-state index contributed by atoms with van der Waals surface area (Å²) in [6, 6.07) is 2.18. The first kappa shape index (κ1) is 14.2. The van der Waals surface area contributed by atoms with Gasteiger partial charge < -0.3 is 10.6 Å². The summed E-state index contributed by atoms with van der Waals surface area (Å²) >= 11 is 1.80. The molecule has 96 valence electrons. The molecular weight excluding hydrogens is 232 g/mol. The number of hydrogen-bond donors (Lipinski definition) is 2. The second-order valence-corrected chi connectivity index (χ2v) is 6.20. The van der Waals surface area contributed by atoms with Gasteiger partial charge in [0, 0.05) is 22.8 Å². The van der Waals surface area contributed by atoms with Crippen LogP contribution in [0.1, 0.15) is 29.2 Å². The highest BCUT2D eigenvalue weighted by Crippen LogP contribution is 2.19. The standard InChI is InChI=1S/C13H22N2OS/c1-9(2)6-15-13(16)8-14-7-12-5-10(3)17-11(12)4/h5,9,14H,6-8H2,1-4H3,(H,15,16). The topological polar surface area (TPSA) is 41.1 Å². The van der Waals surface area contributed by atoms with Crippen LogP contribution in [0.25, 0.3) is 0 Å². The normalized spacial score (nSPS) is 10.9. The van der Waals surface area contributed by atoms with Crippen molar-refractivity contribution < 1.29 is 4.79 Å². The maximum Gasteiger partial charge on any atom is 0.233 e. The molecule has 0 saturated carbocycles. The van der Waals surface area contributed by atoms with E-state index < -0.39 is 0 Å². The maximum absolute atomic E-state index is 11.5.